The second-order valence-electron chi connectivity index (χ2n) is 5.72. The van der Waals surface area contributed by atoms with E-state index in [1.807, 2.05) is 12.1 Å². The number of hydrogen-bond donors (Lipinski definition) is 1. The van der Waals surface area contributed by atoms with E-state index >= 15 is 0 Å². The van der Waals surface area contributed by atoms with Crippen LogP contribution in [0.15, 0.2) is 59.6 Å². The predicted octanol–water partition coefficient (Wildman–Crippen LogP) is 2.83. The van der Waals surface area contributed by atoms with Crippen molar-refractivity contribution >= 4 is 37.4 Å². The smallest absolute Gasteiger partial charge is 0.255 e. The predicted molar refractivity (Wildman–Crippen MR) is 102 cm³/mol. The van der Waals surface area contributed by atoms with Gasteiger partial charge in [0, 0.05) is 16.3 Å². The van der Waals surface area contributed by atoms with Gasteiger partial charge in [-0.1, -0.05) is 28.1 Å². The fourth-order valence-corrected chi connectivity index (χ4v) is 3.55. The summed E-state index contributed by atoms with van der Waals surface area (Å²) in [5.41, 5.74) is 2.30. The molecule has 0 aliphatic heterocycles. The van der Waals surface area contributed by atoms with E-state index in [0.717, 1.165) is 4.47 Å². The van der Waals surface area contributed by atoms with Gasteiger partial charge in [0.2, 0.25) is 0 Å². The van der Waals surface area contributed by atoms with Crippen LogP contribution in [0.2, 0.25) is 0 Å². The van der Waals surface area contributed by atoms with Gasteiger partial charge in [0.1, 0.15) is 12.7 Å². The van der Waals surface area contributed by atoms with E-state index in [-0.39, 0.29) is 11.7 Å². The number of carbonyl (C=O) groups excluding carboxylic acids is 1. The largest absolute Gasteiger partial charge is 0.320 e. The molecule has 0 spiro atoms. The summed E-state index contributed by atoms with van der Waals surface area (Å²) in [4.78, 5) is 16.5. The molecular weight excluding hydrogens is 420 g/mol. The monoisotopic (exact) mass is 434 g/mol. The van der Waals surface area contributed by atoms with Gasteiger partial charge >= 0.3 is 0 Å². The number of anilines is 1. The number of aromatic nitrogens is 3. The molecule has 2 aromatic carbocycles. The lowest BCUT2D eigenvalue weighted by Crippen LogP contribution is -2.14. The van der Waals surface area contributed by atoms with Gasteiger partial charge in [-0.05, 0) is 35.9 Å². The highest BCUT2D eigenvalue weighted by atomic mass is 79.9. The van der Waals surface area contributed by atoms with E-state index in [1.54, 1.807) is 41.3 Å². The molecule has 0 radical (unpaired) electrons. The Morgan fingerprint density at radius 1 is 1.19 bits per heavy atom. The highest BCUT2D eigenvalue weighted by Crippen LogP contribution is 2.25. The number of amides is 1. The first-order chi connectivity index (χ1) is 12.3. The van der Waals surface area contributed by atoms with E-state index in [9.17, 15) is 13.2 Å². The van der Waals surface area contributed by atoms with E-state index in [0.29, 0.717) is 22.5 Å². The number of sulfone groups is 1. The van der Waals surface area contributed by atoms with Gasteiger partial charge in [0.05, 0.1) is 17.1 Å². The van der Waals surface area contributed by atoms with E-state index < -0.39 is 9.84 Å². The molecule has 1 N–H and O–H groups in total. The van der Waals surface area contributed by atoms with Crippen LogP contribution in [0.5, 0.6) is 0 Å². The Morgan fingerprint density at radius 3 is 2.54 bits per heavy atom. The number of halogens is 1. The van der Waals surface area contributed by atoms with Crippen LogP contribution in [0.1, 0.15) is 15.9 Å². The minimum Gasteiger partial charge on any atom is -0.320 e. The van der Waals surface area contributed by atoms with E-state index in [2.05, 4.69) is 31.3 Å². The molecule has 3 rings (SSSR count). The summed E-state index contributed by atoms with van der Waals surface area (Å²) in [6.45, 7) is 0. The molecule has 134 valence electrons. The van der Waals surface area contributed by atoms with Crippen molar-refractivity contribution < 1.29 is 13.2 Å². The molecule has 9 heteroatoms. The normalized spacial score (nSPS) is 11.3. The fourth-order valence-electron chi connectivity index (χ4n) is 2.39. The highest BCUT2D eigenvalue weighted by Gasteiger charge is 2.12. The zero-order valence-electron chi connectivity index (χ0n) is 13.8. The van der Waals surface area contributed by atoms with E-state index in [1.165, 1.54) is 12.6 Å². The molecule has 0 saturated heterocycles. The Labute approximate surface area is 159 Å². The maximum Gasteiger partial charge on any atom is 0.255 e. The first kappa shape index (κ1) is 18.3. The van der Waals surface area contributed by atoms with Crippen LogP contribution in [0.3, 0.4) is 0 Å². The molecule has 0 aliphatic carbocycles. The molecule has 1 heterocycles. The Morgan fingerprint density at radius 2 is 1.92 bits per heavy atom. The molecule has 0 unspecified atom stereocenters. The average molecular weight is 435 g/mol. The van der Waals surface area contributed by atoms with Crippen LogP contribution in [0.4, 0.5) is 5.69 Å². The molecule has 1 amide bonds. The minimum absolute atomic E-state index is 0.0586. The maximum absolute atomic E-state index is 12.6. The molecular formula is C17H15BrN4O3S. The third-order valence-electron chi connectivity index (χ3n) is 3.52. The molecule has 26 heavy (non-hydrogen) atoms. The van der Waals surface area contributed by atoms with Crippen LogP contribution >= 0.6 is 15.9 Å². The first-order valence-electron chi connectivity index (χ1n) is 7.54. The Hall–Kier alpha value is -2.52. The second-order valence-corrected chi connectivity index (χ2v) is 8.78. The molecule has 0 bridgehead atoms. The van der Waals surface area contributed by atoms with Crippen molar-refractivity contribution in [2.24, 2.45) is 0 Å². The topological polar surface area (TPSA) is 94.0 Å². The van der Waals surface area contributed by atoms with Crippen molar-refractivity contribution in [3.8, 4) is 5.69 Å². The number of rotatable bonds is 5. The molecule has 1 aromatic heterocycles. The Balaban J connectivity index is 1.83. The quantitative estimate of drug-likeness (QED) is 0.665. The number of hydrogen-bond acceptors (Lipinski definition) is 5. The summed E-state index contributed by atoms with van der Waals surface area (Å²) in [6.07, 6.45) is 4.12. The maximum atomic E-state index is 12.6. The van der Waals surface area contributed by atoms with Crippen molar-refractivity contribution in [3.05, 3.63) is 70.7 Å². The van der Waals surface area contributed by atoms with Crippen molar-refractivity contribution in [1.82, 2.24) is 14.8 Å². The van der Waals surface area contributed by atoms with Crippen molar-refractivity contribution in [2.75, 3.05) is 11.6 Å². The average Bonchev–Trinajstić information content (AvgIpc) is 3.08. The van der Waals surface area contributed by atoms with Gasteiger partial charge in [-0.25, -0.2) is 18.1 Å². The zero-order chi connectivity index (χ0) is 18.7. The fraction of sp³-hybridized carbons (Fsp3) is 0.118. The molecule has 0 fully saturated rings. The molecule has 0 atom stereocenters. The first-order valence-corrected chi connectivity index (χ1v) is 10.4. The summed E-state index contributed by atoms with van der Waals surface area (Å²) in [7, 11) is -3.12. The van der Waals surface area contributed by atoms with Crippen molar-refractivity contribution in [1.29, 1.82) is 0 Å². The van der Waals surface area contributed by atoms with Crippen molar-refractivity contribution in [2.45, 2.75) is 5.75 Å². The highest BCUT2D eigenvalue weighted by molar-refractivity contribution is 9.10. The third-order valence-corrected chi connectivity index (χ3v) is 4.87. The van der Waals surface area contributed by atoms with Gasteiger partial charge < -0.3 is 5.32 Å². The number of nitrogens with zero attached hydrogens (tertiary/aromatic N) is 3. The van der Waals surface area contributed by atoms with Crippen LogP contribution in [0.25, 0.3) is 5.69 Å². The third kappa shape index (κ3) is 4.55. The van der Waals surface area contributed by atoms with Crippen LogP contribution in [-0.2, 0) is 15.6 Å². The Bertz CT molecular complexity index is 1030. The summed E-state index contributed by atoms with van der Waals surface area (Å²) in [5, 5.41) is 6.93. The lowest BCUT2D eigenvalue weighted by Gasteiger charge is -2.12. The number of nitrogens with one attached hydrogen (secondary N) is 1. The lowest BCUT2D eigenvalue weighted by molar-refractivity contribution is 0.102. The summed E-state index contributed by atoms with van der Waals surface area (Å²) in [5.74, 6) is -0.368. The molecule has 7 nitrogen and oxygen atoms in total. The molecule has 0 saturated carbocycles. The van der Waals surface area contributed by atoms with Gasteiger partial charge in [-0.2, -0.15) is 5.10 Å². The van der Waals surface area contributed by atoms with E-state index in [4.69, 9.17) is 0 Å². The lowest BCUT2D eigenvalue weighted by atomic mass is 10.1. The van der Waals surface area contributed by atoms with Crippen LogP contribution < -0.4 is 5.32 Å². The van der Waals surface area contributed by atoms with Crippen LogP contribution in [-0.4, -0.2) is 35.3 Å². The van der Waals surface area contributed by atoms with Gasteiger partial charge in [-0.15, -0.1) is 0 Å². The summed E-state index contributed by atoms with van der Waals surface area (Å²) < 4.78 is 25.0. The van der Waals surface area contributed by atoms with Gasteiger partial charge in [-0.3, -0.25) is 4.79 Å². The zero-order valence-corrected chi connectivity index (χ0v) is 16.2. The summed E-state index contributed by atoms with van der Waals surface area (Å²) in [6, 6.07) is 11.9. The van der Waals surface area contributed by atoms with Gasteiger partial charge in [0.25, 0.3) is 5.91 Å². The standard InChI is InChI=1S/C17H15BrN4O3S/c1-26(24,25)9-12-2-4-13(5-3-12)17(23)21-15-8-14(18)6-7-16(15)22-11-19-10-20-22/h2-8,10-11H,9H2,1H3,(H,21,23). The van der Waals surface area contributed by atoms with Crippen LogP contribution in [0, 0.1) is 0 Å². The van der Waals surface area contributed by atoms with Crippen molar-refractivity contribution in [3.63, 3.8) is 0 Å². The SMILES string of the molecule is CS(=O)(=O)Cc1ccc(C(=O)Nc2cc(Br)ccc2-n2cncn2)cc1. The van der Waals surface area contributed by atoms with Gasteiger partial charge in [0.15, 0.2) is 9.84 Å². The molecule has 3 aromatic rings. The second kappa shape index (κ2) is 7.38. The summed E-state index contributed by atoms with van der Waals surface area (Å²) >= 11 is 3.39. The Kier molecular flexibility index (Phi) is 5.19. The molecule has 0 aliphatic rings. The minimum atomic E-state index is -3.12. The number of benzene rings is 2. The number of carbonyl (C=O) groups is 1.